The summed E-state index contributed by atoms with van der Waals surface area (Å²) in [6.45, 7) is 2.50. The molecule has 2 heterocycles. The standard InChI is InChI=1S/C21H28N4O2S/c1-27-18-7-3-5-17(13-18)14-23-20(26)9-8-16-6-4-12-25(15-16)19-10-11-22-21(24-19)28-2/h3,5,7,10-11,13,16H,4,6,8-9,12,14-15H2,1-2H3,(H,23,26)/t16-/m0/s1. The number of carbonyl (C=O) groups is 1. The molecule has 1 saturated heterocycles. The van der Waals surface area contributed by atoms with Crippen LogP contribution in [0.1, 0.15) is 31.2 Å². The van der Waals surface area contributed by atoms with E-state index in [4.69, 9.17) is 4.74 Å². The fourth-order valence-corrected chi connectivity index (χ4v) is 3.87. The molecule has 0 unspecified atom stereocenters. The minimum Gasteiger partial charge on any atom is -0.497 e. The maximum absolute atomic E-state index is 12.3. The van der Waals surface area contributed by atoms with Crippen LogP contribution in [0.4, 0.5) is 5.82 Å². The fourth-order valence-electron chi connectivity index (χ4n) is 3.52. The van der Waals surface area contributed by atoms with Crippen molar-refractivity contribution in [3.8, 4) is 5.75 Å². The van der Waals surface area contributed by atoms with E-state index >= 15 is 0 Å². The molecule has 1 aromatic heterocycles. The number of aromatic nitrogens is 2. The zero-order chi connectivity index (χ0) is 19.8. The van der Waals surface area contributed by atoms with Gasteiger partial charge in [-0.1, -0.05) is 23.9 Å². The molecule has 0 spiro atoms. The summed E-state index contributed by atoms with van der Waals surface area (Å²) in [5.74, 6) is 2.42. The van der Waals surface area contributed by atoms with E-state index in [0.29, 0.717) is 18.9 Å². The number of ether oxygens (including phenoxy) is 1. The van der Waals surface area contributed by atoms with E-state index in [0.717, 1.165) is 48.2 Å². The molecule has 1 atom stereocenters. The van der Waals surface area contributed by atoms with Gasteiger partial charge in [-0.25, -0.2) is 9.97 Å². The quantitative estimate of drug-likeness (QED) is 0.540. The van der Waals surface area contributed by atoms with Crippen molar-refractivity contribution in [2.24, 2.45) is 5.92 Å². The van der Waals surface area contributed by atoms with Crippen molar-refractivity contribution >= 4 is 23.5 Å². The molecule has 3 rings (SSSR count). The topological polar surface area (TPSA) is 67.3 Å². The third kappa shape index (κ3) is 5.86. The average molecular weight is 401 g/mol. The first-order valence-corrected chi connectivity index (χ1v) is 10.9. The van der Waals surface area contributed by atoms with Gasteiger partial charge < -0.3 is 15.0 Å². The molecule has 7 heteroatoms. The smallest absolute Gasteiger partial charge is 0.220 e. The summed E-state index contributed by atoms with van der Waals surface area (Å²) in [4.78, 5) is 23.5. The first-order valence-electron chi connectivity index (χ1n) is 9.69. The van der Waals surface area contributed by atoms with E-state index in [1.54, 1.807) is 18.9 Å². The number of amides is 1. The normalized spacial score (nSPS) is 16.6. The van der Waals surface area contributed by atoms with Gasteiger partial charge in [-0.3, -0.25) is 4.79 Å². The molecule has 0 aliphatic carbocycles. The van der Waals surface area contributed by atoms with Crippen LogP contribution in [0.5, 0.6) is 5.75 Å². The molecule has 0 radical (unpaired) electrons. The van der Waals surface area contributed by atoms with E-state index < -0.39 is 0 Å². The number of methoxy groups -OCH3 is 1. The van der Waals surface area contributed by atoms with Crippen LogP contribution >= 0.6 is 11.8 Å². The Morgan fingerprint density at radius 2 is 2.29 bits per heavy atom. The molecule has 1 amide bonds. The van der Waals surface area contributed by atoms with Crippen molar-refractivity contribution in [1.29, 1.82) is 0 Å². The van der Waals surface area contributed by atoms with E-state index in [9.17, 15) is 4.79 Å². The van der Waals surface area contributed by atoms with Gasteiger partial charge in [-0.2, -0.15) is 0 Å². The van der Waals surface area contributed by atoms with Crippen molar-refractivity contribution < 1.29 is 9.53 Å². The predicted molar refractivity (Wildman–Crippen MR) is 113 cm³/mol. The monoisotopic (exact) mass is 400 g/mol. The summed E-state index contributed by atoms with van der Waals surface area (Å²) in [5.41, 5.74) is 1.05. The third-order valence-electron chi connectivity index (χ3n) is 5.05. The largest absolute Gasteiger partial charge is 0.497 e. The second kappa shape index (κ2) is 10.3. The number of hydrogen-bond donors (Lipinski definition) is 1. The highest BCUT2D eigenvalue weighted by Crippen LogP contribution is 2.25. The Bertz CT molecular complexity index is 787. The summed E-state index contributed by atoms with van der Waals surface area (Å²) in [6.07, 6.45) is 7.57. The van der Waals surface area contributed by atoms with Crippen LogP contribution < -0.4 is 15.0 Å². The summed E-state index contributed by atoms with van der Waals surface area (Å²) in [7, 11) is 1.65. The van der Waals surface area contributed by atoms with Gasteiger partial charge >= 0.3 is 0 Å². The van der Waals surface area contributed by atoms with Crippen LogP contribution in [0.15, 0.2) is 41.7 Å². The summed E-state index contributed by atoms with van der Waals surface area (Å²) < 4.78 is 5.22. The van der Waals surface area contributed by atoms with Crippen LogP contribution in [0.3, 0.4) is 0 Å². The van der Waals surface area contributed by atoms with Gasteiger partial charge in [-0.15, -0.1) is 0 Å². The fraction of sp³-hybridized carbons (Fsp3) is 0.476. The van der Waals surface area contributed by atoms with Crippen molar-refractivity contribution in [1.82, 2.24) is 15.3 Å². The summed E-state index contributed by atoms with van der Waals surface area (Å²) in [6, 6.07) is 9.76. The zero-order valence-electron chi connectivity index (χ0n) is 16.6. The van der Waals surface area contributed by atoms with Gasteiger partial charge in [0.2, 0.25) is 5.91 Å². The number of nitrogens with zero attached hydrogens (tertiary/aromatic N) is 3. The Balaban J connectivity index is 1.45. The lowest BCUT2D eigenvalue weighted by atomic mass is 9.93. The van der Waals surface area contributed by atoms with Crippen LogP contribution in [-0.4, -0.2) is 42.3 Å². The van der Waals surface area contributed by atoms with Crippen molar-refractivity contribution in [3.05, 3.63) is 42.1 Å². The summed E-state index contributed by atoms with van der Waals surface area (Å²) >= 11 is 1.56. The lowest BCUT2D eigenvalue weighted by molar-refractivity contribution is -0.121. The van der Waals surface area contributed by atoms with E-state index in [1.165, 1.54) is 6.42 Å². The molecule has 6 nitrogen and oxygen atoms in total. The van der Waals surface area contributed by atoms with Crippen LogP contribution in [0.2, 0.25) is 0 Å². The number of thioether (sulfide) groups is 1. The van der Waals surface area contributed by atoms with Gasteiger partial charge in [0.1, 0.15) is 11.6 Å². The number of carbonyl (C=O) groups excluding carboxylic acids is 1. The number of benzene rings is 1. The van der Waals surface area contributed by atoms with Gasteiger partial charge in [0, 0.05) is 32.3 Å². The maximum atomic E-state index is 12.3. The lowest BCUT2D eigenvalue weighted by Crippen LogP contribution is -2.36. The molecule has 28 heavy (non-hydrogen) atoms. The Kier molecular flexibility index (Phi) is 7.54. The average Bonchev–Trinajstić information content (AvgIpc) is 2.76. The van der Waals surface area contributed by atoms with Crippen LogP contribution in [0.25, 0.3) is 0 Å². The molecular formula is C21H28N4O2S. The Hall–Kier alpha value is -2.28. The SMILES string of the molecule is COc1cccc(CNC(=O)CC[C@@H]2CCCN(c3ccnc(SC)n3)C2)c1. The number of piperidine rings is 1. The Morgan fingerprint density at radius 1 is 1.39 bits per heavy atom. The first-order chi connectivity index (χ1) is 13.7. The molecule has 150 valence electrons. The third-order valence-corrected chi connectivity index (χ3v) is 5.61. The molecule has 1 aliphatic heterocycles. The minimum atomic E-state index is 0.103. The molecule has 1 aliphatic rings. The first kappa shape index (κ1) is 20.5. The molecular weight excluding hydrogens is 372 g/mol. The zero-order valence-corrected chi connectivity index (χ0v) is 17.4. The number of rotatable bonds is 8. The second-order valence-corrected chi connectivity index (χ2v) is 7.80. The van der Waals surface area contributed by atoms with Gasteiger partial charge in [0.15, 0.2) is 5.16 Å². The Morgan fingerprint density at radius 3 is 3.11 bits per heavy atom. The Labute approximate surface area is 171 Å². The van der Waals surface area contributed by atoms with E-state index in [-0.39, 0.29) is 5.91 Å². The summed E-state index contributed by atoms with van der Waals surface area (Å²) in [5, 5.41) is 3.82. The minimum absolute atomic E-state index is 0.103. The van der Waals surface area contributed by atoms with E-state index in [2.05, 4.69) is 20.2 Å². The maximum Gasteiger partial charge on any atom is 0.220 e. The number of anilines is 1. The molecule has 0 bridgehead atoms. The highest BCUT2D eigenvalue weighted by atomic mass is 32.2. The number of nitrogens with one attached hydrogen (secondary N) is 1. The second-order valence-electron chi connectivity index (χ2n) is 7.02. The van der Waals surface area contributed by atoms with Crippen molar-refractivity contribution in [3.63, 3.8) is 0 Å². The number of hydrogen-bond acceptors (Lipinski definition) is 6. The lowest BCUT2D eigenvalue weighted by Gasteiger charge is -2.33. The molecule has 2 aromatic rings. The highest BCUT2D eigenvalue weighted by Gasteiger charge is 2.22. The highest BCUT2D eigenvalue weighted by molar-refractivity contribution is 7.98. The van der Waals surface area contributed by atoms with Gasteiger partial charge in [0.25, 0.3) is 0 Å². The van der Waals surface area contributed by atoms with Crippen LogP contribution in [0, 0.1) is 5.92 Å². The van der Waals surface area contributed by atoms with Crippen LogP contribution in [-0.2, 0) is 11.3 Å². The molecule has 1 fully saturated rings. The van der Waals surface area contributed by atoms with Gasteiger partial charge in [0.05, 0.1) is 7.11 Å². The van der Waals surface area contributed by atoms with E-state index in [1.807, 2.05) is 42.8 Å². The van der Waals surface area contributed by atoms with Crippen molar-refractivity contribution in [2.75, 3.05) is 31.4 Å². The molecule has 1 aromatic carbocycles. The molecule has 0 saturated carbocycles. The predicted octanol–water partition coefficient (Wildman–Crippen LogP) is 3.52. The molecule has 1 N–H and O–H groups in total. The van der Waals surface area contributed by atoms with Crippen molar-refractivity contribution in [2.45, 2.75) is 37.4 Å². The van der Waals surface area contributed by atoms with Gasteiger partial charge in [-0.05, 0) is 55.2 Å².